The summed E-state index contributed by atoms with van der Waals surface area (Å²) >= 11 is 0. The number of carbonyl (C=O) groups excluding carboxylic acids is 1. The first-order valence-corrected chi connectivity index (χ1v) is 13.0. The Kier molecular flexibility index (Phi) is 6.88. The van der Waals surface area contributed by atoms with Crippen LogP contribution in [0.1, 0.15) is 43.5 Å². The van der Waals surface area contributed by atoms with Gasteiger partial charge in [-0.25, -0.2) is 10.1 Å². The van der Waals surface area contributed by atoms with Crippen LogP contribution in [-0.2, 0) is 25.3 Å². The number of nitrogens with zero attached hydrogens (tertiary/aromatic N) is 2. The van der Waals surface area contributed by atoms with Crippen LogP contribution in [-0.4, -0.2) is 44.1 Å². The van der Waals surface area contributed by atoms with Gasteiger partial charge in [0.2, 0.25) is 5.96 Å². The molecule has 2 aliphatic rings. The minimum absolute atomic E-state index is 0.00771. The topological polar surface area (TPSA) is 92.3 Å². The van der Waals surface area contributed by atoms with Crippen molar-refractivity contribution in [2.24, 2.45) is 4.99 Å². The van der Waals surface area contributed by atoms with Crippen molar-refractivity contribution in [2.45, 2.75) is 45.4 Å². The van der Waals surface area contributed by atoms with Crippen LogP contribution in [0.25, 0.3) is 0 Å². The lowest BCUT2D eigenvalue weighted by atomic mass is 9.97. The second-order valence-electron chi connectivity index (χ2n) is 8.66. The van der Waals surface area contributed by atoms with Crippen molar-refractivity contribution in [3.8, 4) is 0 Å². The zero-order valence-electron chi connectivity index (χ0n) is 19.4. The Morgan fingerprint density at radius 2 is 1.85 bits per heavy atom. The van der Waals surface area contributed by atoms with Crippen LogP contribution < -0.4 is 15.1 Å². The number of anilines is 1. The van der Waals surface area contributed by atoms with Gasteiger partial charge in [-0.05, 0) is 49.9 Å². The largest absolute Gasteiger partial charge is 0.462 e. The van der Waals surface area contributed by atoms with Crippen molar-refractivity contribution in [3.05, 3.63) is 65.2 Å². The van der Waals surface area contributed by atoms with E-state index in [1.165, 1.54) is 23.8 Å². The Hall–Kier alpha value is -2.67. The van der Waals surface area contributed by atoms with Crippen molar-refractivity contribution in [1.29, 1.82) is 0 Å². The predicted molar refractivity (Wildman–Crippen MR) is 130 cm³/mol. The SMILES string of the molecule is COCP(=O)(NC1=NCC2c3ccccc3Cc3ccccc3N12)N[C@@H](C)C(=O)OC(C)C. The number of ether oxygens (including phenoxy) is 2. The van der Waals surface area contributed by atoms with Crippen LogP contribution in [0.3, 0.4) is 0 Å². The molecule has 0 radical (unpaired) electrons. The number of guanidine groups is 1. The van der Waals surface area contributed by atoms with E-state index in [1.54, 1.807) is 20.8 Å². The van der Waals surface area contributed by atoms with Gasteiger partial charge in [-0.3, -0.25) is 14.4 Å². The monoisotopic (exact) mass is 470 g/mol. The summed E-state index contributed by atoms with van der Waals surface area (Å²) in [6.45, 7) is 5.72. The van der Waals surface area contributed by atoms with Gasteiger partial charge in [0.15, 0.2) is 0 Å². The highest BCUT2D eigenvalue weighted by atomic mass is 31.2. The molecule has 0 amide bonds. The molecule has 0 saturated carbocycles. The van der Waals surface area contributed by atoms with Gasteiger partial charge >= 0.3 is 5.97 Å². The molecule has 0 aromatic heterocycles. The number of nitrogens with one attached hydrogen (secondary N) is 2. The van der Waals surface area contributed by atoms with Crippen molar-refractivity contribution in [3.63, 3.8) is 0 Å². The third-order valence-corrected chi connectivity index (χ3v) is 7.69. The van der Waals surface area contributed by atoms with Gasteiger partial charge in [0.1, 0.15) is 12.4 Å². The van der Waals surface area contributed by atoms with Gasteiger partial charge in [-0.15, -0.1) is 0 Å². The zero-order chi connectivity index (χ0) is 23.6. The van der Waals surface area contributed by atoms with Crippen LogP contribution in [0, 0.1) is 0 Å². The second kappa shape index (κ2) is 9.67. The number of methoxy groups -OCH3 is 1. The first-order valence-electron chi connectivity index (χ1n) is 11.2. The summed E-state index contributed by atoms with van der Waals surface area (Å²) in [6, 6.07) is 15.8. The predicted octanol–water partition coefficient (Wildman–Crippen LogP) is 3.82. The van der Waals surface area contributed by atoms with E-state index in [9.17, 15) is 9.36 Å². The summed E-state index contributed by atoms with van der Waals surface area (Å²) < 4.78 is 24.3. The molecule has 2 N–H and O–H groups in total. The van der Waals surface area contributed by atoms with E-state index in [2.05, 4.69) is 45.4 Å². The smallest absolute Gasteiger partial charge is 0.323 e. The normalized spacial score (nSPS) is 19.5. The highest BCUT2D eigenvalue weighted by Crippen LogP contribution is 2.43. The summed E-state index contributed by atoms with van der Waals surface area (Å²) in [5, 5.41) is 6.04. The molecule has 33 heavy (non-hydrogen) atoms. The molecule has 4 rings (SSSR count). The summed E-state index contributed by atoms with van der Waals surface area (Å²) in [5.41, 5.74) is 4.67. The summed E-state index contributed by atoms with van der Waals surface area (Å²) in [5.74, 6) is 0.0323. The average Bonchev–Trinajstić information content (AvgIpc) is 3.10. The number of rotatable bonds is 7. The lowest BCUT2D eigenvalue weighted by molar-refractivity contribution is -0.148. The fourth-order valence-corrected chi connectivity index (χ4v) is 6.15. The maximum Gasteiger partial charge on any atom is 0.323 e. The van der Waals surface area contributed by atoms with Gasteiger partial charge in [-0.1, -0.05) is 42.5 Å². The number of carbonyl (C=O) groups is 1. The Bertz CT molecular complexity index is 1100. The lowest BCUT2D eigenvalue weighted by Gasteiger charge is -2.31. The number of aliphatic imine (C=N–C) groups is 1. The van der Waals surface area contributed by atoms with Crippen molar-refractivity contribution < 1.29 is 18.8 Å². The van der Waals surface area contributed by atoms with E-state index in [0.29, 0.717) is 12.5 Å². The average molecular weight is 471 g/mol. The molecule has 3 atom stereocenters. The molecule has 2 aromatic carbocycles. The van der Waals surface area contributed by atoms with E-state index in [4.69, 9.17) is 14.5 Å². The minimum Gasteiger partial charge on any atom is -0.462 e. The molecule has 0 fully saturated rings. The number of para-hydroxylation sites is 1. The van der Waals surface area contributed by atoms with Crippen molar-refractivity contribution >= 4 is 25.1 Å². The van der Waals surface area contributed by atoms with E-state index >= 15 is 0 Å². The third kappa shape index (κ3) is 4.98. The molecule has 0 spiro atoms. The van der Waals surface area contributed by atoms with Crippen molar-refractivity contribution in [1.82, 2.24) is 10.2 Å². The fourth-order valence-electron chi connectivity index (χ4n) is 4.35. The van der Waals surface area contributed by atoms with Crippen molar-refractivity contribution in [2.75, 3.05) is 24.9 Å². The van der Waals surface area contributed by atoms with Gasteiger partial charge in [0.05, 0.1) is 18.7 Å². The number of benzene rings is 2. The summed E-state index contributed by atoms with van der Waals surface area (Å²) in [7, 11) is -1.92. The molecule has 0 bridgehead atoms. The Morgan fingerprint density at radius 1 is 1.15 bits per heavy atom. The van der Waals surface area contributed by atoms with Gasteiger partial charge in [0, 0.05) is 12.8 Å². The first kappa shape index (κ1) is 23.5. The third-order valence-electron chi connectivity index (χ3n) is 5.70. The molecule has 2 unspecified atom stereocenters. The molecular weight excluding hydrogens is 439 g/mol. The van der Waals surface area contributed by atoms with Crippen LogP contribution in [0.2, 0.25) is 0 Å². The molecule has 2 aromatic rings. The molecule has 0 saturated heterocycles. The molecule has 0 aliphatic carbocycles. The second-order valence-corrected chi connectivity index (χ2v) is 10.9. The Labute approximate surface area is 194 Å². The minimum atomic E-state index is -3.39. The molecule has 2 aliphatic heterocycles. The molecule has 176 valence electrons. The molecular formula is C24H31N4O4P. The van der Waals surface area contributed by atoms with Gasteiger partial charge < -0.3 is 14.4 Å². The van der Waals surface area contributed by atoms with E-state index in [1.807, 2.05) is 18.2 Å². The Morgan fingerprint density at radius 3 is 2.58 bits per heavy atom. The summed E-state index contributed by atoms with van der Waals surface area (Å²) in [4.78, 5) is 19.2. The number of fused-ring (bicyclic) bond motifs is 5. The van der Waals surface area contributed by atoms with Gasteiger partial charge in [0.25, 0.3) is 7.44 Å². The van der Waals surface area contributed by atoms with Crippen LogP contribution in [0.5, 0.6) is 0 Å². The highest BCUT2D eigenvalue weighted by molar-refractivity contribution is 7.60. The van der Waals surface area contributed by atoms with Gasteiger partial charge in [-0.2, -0.15) is 0 Å². The zero-order valence-corrected chi connectivity index (χ0v) is 20.3. The lowest BCUT2D eigenvalue weighted by Crippen LogP contribution is -2.44. The van der Waals surface area contributed by atoms with E-state index < -0.39 is 19.5 Å². The fraction of sp³-hybridized carbons (Fsp3) is 0.417. The maximum atomic E-state index is 13.8. The van der Waals surface area contributed by atoms with E-state index in [-0.39, 0.29) is 18.5 Å². The van der Waals surface area contributed by atoms with Crippen LogP contribution >= 0.6 is 7.44 Å². The van der Waals surface area contributed by atoms with E-state index in [0.717, 1.165) is 12.1 Å². The number of hydrogen-bond acceptors (Lipinski definition) is 6. The Balaban J connectivity index is 1.64. The summed E-state index contributed by atoms with van der Waals surface area (Å²) in [6.07, 6.45) is 0.450. The van der Waals surface area contributed by atoms with Crippen LogP contribution in [0.4, 0.5) is 5.69 Å². The number of esters is 1. The first-order chi connectivity index (χ1) is 15.8. The quantitative estimate of drug-likeness (QED) is 0.469. The maximum absolute atomic E-state index is 13.8. The molecule has 2 heterocycles. The highest BCUT2D eigenvalue weighted by Gasteiger charge is 2.39. The number of hydrogen-bond donors (Lipinski definition) is 2. The standard InChI is InChI=1S/C24H31N4O4P/c1-16(2)32-23(29)17(3)26-33(30,15-31-4)27-24-25-14-22-20-11-7-5-9-18(20)13-19-10-6-8-12-21(19)28(22)24/h5-12,16-17,22H,13-15H2,1-4H3,(H2,25,26,27,30)/t17-,22?,33?/m0/s1. The molecule has 8 nitrogen and oxygen atoms in total. The molecule has 9 heteroatoms. The van der Waals surface area contributed by atoms with Crippen LogP contribution in [0.15, 0.2) is 53.5 Å².